The van der Waals surface area contributed by atoms with Gasteiger partial charge in [0.05, 0.1) is 20.3 Å². The van der Waals surface area contributed by atoms with Crippen molar-refractivity contribution in [2.24, 2.45) is 5.92 Å². The van der Waals surface area contributed by atoms with Crippen molar-refractivity contribution in [3.63, 3.8) is 0 Å². The first-order chi connectivity index (χ1) is 13.5. The van der Waals surface area contributed by atoms with Crippen LogP contribution in [-0.2, 0) is 16.7 Å². The molecule has 28 heavy (non-hydrogen) atoms. The van der Waals surface area contributed by atoms with Crippen molar-refractivity contribution in [1.29, 1.82) is 0 Å². The molecule has 0 aliphatic carbocycles. The fraction of sp³-hybridized carbons (Fsp3) is 0.500. The van der Waals surface area contributed by atoms with Gasteiger partial charge in [0.15, 0.2) is 0 Å². The molecule has 0 spiro atoms. The number of benzene rings is 2. The summed E-state index contributed by atoms with van der Waals surface area (Å²) in [5.41, 5.74) is 4.00. The van der Waals surface area contributed by atoms with Gasteiger partial charge in [0.2, 0.25) is 0 Å². The normalized spacial score (nSPS) is 27.0. The molecule has 2 aromatic carbocycles. The van der Waals surface area contributed by atoms with Crippen LogP contribution in [0.3, 0.4) is 0 Å². The lowest BCUT2D eigenvalue weighted by molar-refractivity contribution is 0.162. The third kappa shape index (κ3) is 3.82. The van der Waals surface area contributed by atoms with E-state index < -0.39 is 0 Å². The van der Waals surface area contributed by atoms with Crippen LogP contribution >= 0.6 is 0 Å². The van der Waals surface area contributed by atoms with Gasteiger partial charge in [0.25, 0.3) is 0 Å². The summed E-state index contributed by atoms with van der Waals surface area (Å²) in [5, 5.41) is 7.65. The Bertz CT molecular complexity index is 800. The molecule has 4 nitrogen and oxygen atoms in total. The highest BCUT2D eigenvalue weighted by molar-refractivity contribution is 5.40. The predicted molar refractivity (Wildman–Crippen MR) is 113 cm³/mol. The lowest BCUT2D eigenvalue weighted by Crippen LogP contribution is -2.39. The Balaban J connectivity index is 1.57. The molecule has 0 bridgehead atoms. The van der Waals surface area contributed by atoms with E-state index in [4.69, 9.17) is 9.47 Å². The number of fused-ring (bicyclic) bond motifs is 1. The predicted octanol–water partition coefficient (Wildman–Crippen LogP) is 3.81. The maximum Gasteiger partial charge on any atom is 0.123 e. The van der Waals surface area contributed by atoms with E-state index in [1.807, 2.05) is 0 Å². The van der Waals surface area contributed by atoms with Crippen molar-refractivity contribution in [2.75, 3.05) is 20.3 Å². The topological polar surface area (TPSA) is 42.5 Å². The Hall–Kier alpha value is -1.88. The monoisotopic (exact) mass is 380 g/mol. The van der Waals surface area contributed by atoms with E-state index in [1.165, 1.54) is 16.7 Å². The van der Waals surface area contributed by atoms with Crippen LogP contribution in [0.1, 0.15) is 43.5 Å². The number of ether oxygens (including phenoxy) is 2. The van der Waals surface area contributed by atoms with Gasteiger partial charge < -0.3 is 20.1 Å². The largest absolute Gasteiger partial charge is 0.496 e. The fourth-order valence-corrected chi connectivity index (χ4v) is 4.52. The molecule has 0 saturated carbocycles. The van der Waals surface area contributed by atoms with E-state index in [0.29, 0.717) is 24.0 Å². The Labute approximate surface area is 168 Å². The average Bonchev–Trinajstić information content (AvgIpc) is 3.27. The molecule has 4 heteroatoms. The molecule has 2 heterocycles. The molecule has 2 aliphatic heterocycles. The van der Waals surface area contributed by atoms with Gasteiger partial charge in [-0.2, -0.15) is 0 Å². The lowest BCUT2D eigenvalue weighted by atomic mass is 9.86. The van der Waals surface area contributed by atoms with Gasteiger partial charge in [-0.15, -0.1) is 0 Å². The highest BCUT2D eigenvalue weighted by atomic mass is 16.5. The van der Waals surface area contributed by atoms with E-state index in [9.17, 15) is 0 Å². The van der Waals surface area contributed by atoms with Gasteiger partial charge >= 0.3 is 0 Å². The van der Waals surface area contributed by atoms with Gasteiger partial charge in [-0.25, -0.2) is 0 Å². The smallest absolute Gasteiger partial charge is 0.123 e. The number of methoxy groups -OCH3 is 1. The summed E-state index contributed by atoms with van der Waals surface area (Å²) >= 11 is 0. The van der Waals surface area contributed by atoms with Gasteiger partial charge in [0.1, 0.15) is 5.75 Å². The van der Waals surface area contributed by atoms with Gasteiger partial charge in [-0.3, -0.25) is 0 Å². The van der Waals surface area contributed by atoms with Crippen molar-refractivity contribution < 1.29 is 9.47 Å². The summed E-state index contributed by atoms with van der Waals surface area (Å²) in [6, 6.07) is 18.4. The second-order valence-corrected chi connectivity index (χ2v) is 9.05. The first-order valence-electron chi connectivity index (χ1n) is 10.3. The van der Waals surface area contributed by atoms with Crippen LogP contribution in [0.5, 0.6) is 5.75 Å². The summed E-state index contributed by atoms with van der Waals surface area (Å²) in [6.45, 7) is 9.15. The zero-order valence-corrected chi connectivity index (χ0v) is 17.4. The Morgan fingerprint density at radius 1 is 1.11 bits per heavy atom. The summed E-state index contributed by atoms with van der Waals surface area (Å²) in [7, 11) is 1.75. The maximum absolute atomic E-state index is 5.76. The zero-order valence-electron chi connectivity index (χ0n) is 17.4. The minimum atomic E-state index is 0.118. The summed E-state index contributed by atoms with van der Waals surface area (Å²) < 4.78 is 11.4. The quantitative estimate of drug-likeness (QED) is 0.828. The van der Waals surface area contributed by atoms with Gasteiger partial charge in [-0.1, -0.05) is 63.2 Å². The highest BCUT2D eigenvalue weighted by Crippen LogP contribution is 2.36. The number of nitrogens with one attached hydrogen (secondary N) is 2. The van der Waals surface area contributed by atoms with E-state index in [2.05, 4.69) is 79.9 Å². The minimum Gasteiger partial charge on any atom is -0.496 e. The van der Waals surface area contributed by atoms with E-state index in [-0.39, 0.29) is 5.41 Å². The average molecular weight is 381 g/mol. The summed E-state index contributed by atoms with van der Waals surface area (Å²) in [6.07, 6.45) is 0. The van der Waals surface area contributed by atoms with E-state index >= 15 is 0 Å². The molecule has 4 unspecified atom stereocenters. The third-order valence-corrected chi connectivity index (χ3v) is 6.17. The van der Waals surface area contributed by atoms with E-state index in [0.717, 1.165) is 25.5 Å². The third-order valence-electron chi connectivity index (χ3n) is 6.17. The molecule has 2 fully saturated rings. The molecular formula is C24H32N2O2. The lowest BCUT2D eigenvalue weighted by Gasteiger charge is -2.26. The Kier molecular flexibility index (Phi) is 5.46. The highest BCUT2D eigenvalue weighted by Gasteiger charge is 2.46. The summed E-state index contributed by atoms with van der Waals surface area (Å²) in [5.74, 6) is 1.43. The number of rotatable bonds is 5. The minimum absolute atomic E-state index is 0.118. The van der Waals surface area contributed by atoms with Crippen LogP contribution in [-0.4, -0.2) is 32.4 Å². The van der Waals surface area contributed by atoms with Gasteiger partial charge in [-0.05, 0) is 22.6 Å². The molecule has 0 aromatic heterocycles. The molecule has 2 saturated heterocycles. The number of hydrogen-bond donors (Lipinski definition) is 2. The SMILES string of the molecule is COc1ccc(C(C)(C)C)cc1CNC1C(c2ccccc2)NC2COCC21. The number of hydrogen-bond acceptors (Lipinski definition) is 4. The van der Waals surface area contributed by atoms with E-state index in [1.54, 1.807) is 7.11 Å². The first-order valence-corrected chi connectivity index (χ1v) is 10.3. The van der Waals surface area contributed by atoms with Crippen LogP contribution in [0.4, 0.5) is 0 Å². The molecule has 150 valence electrons. The van der Waals surface area contributed by atoms with Crippen LogP contribution < -0.4 is 15.4 Å². The first kappa shape index (κ1) is 19.4. The van der Waals surface area contributed by atoms with Crippen LogP contribution in [0.2, 0.25) is 0 Å². The van der Waals surface area contributed by atoms with Crippen molar-refractivity contribution in [3.05, 3.63) is 65.2 Å². The van der Waals surface area contributed by atoms with Crippen molar-refractivity contribution >= 4 is 0 Å². The van der Waals surface area contributed by atoms with Crippen LogP contribution in [0, 0.1) is 5.92 Å². The summed E-state index contributed by atoms with van der Waals surface area (Å²) in [4.78, 5) is 0. The molecule has 4 rings (SSSR count). The second-order valence-electron chi connectivity index (χ2n) is 9.05. The van der Waals surface area contributed by atoms with Crippen molar-refractivity contribution in [3.8, 4) is 5.75 Å². The standard InChI is InChI=1S/C24H32N2O2/c1-24(2,3)18-10-11-21(27-4)17(12-18)13-25-23-19-14-28-15-20(19)26-22(23)16-8-6-5-7-9-16/h5-12,19-20,22-23,25-26H,13-15H2,1-4H3. The Morgan fingerprint density at radius 3 is 2.61 bits per heavy atom. The molecule has 2 aromatic rings. The molecule has 2 N–H and O–H groups in total. The second kappa shape index (κ2) is 7.86. The zero-order chi connectivity index (χ0) is 19.7. The molecule has 2 aliphatic rings. The molecule has 0 radical (unpaired) electrons. The molecular weight excluding hydrogens is 348 g/mol. The van der Waals surface area contributed by atoms with Gasteiger partial charge in [0, 0.05) is 36.2 Å². The molecule has 0 amide bonds. The van der Waals surface area contributed by atoms with Crippen molar-refractivity contribution in [1.82, 2.24) is 10.6 Å². The molecule has 4 atom stereocenters. The van der Waals surface area contributed by atoms with Crippen LogP contribution in [0.15, 0.2) is 48.5 Å². The fourth-order valence-electron chi connectivity index (χ4n) is 4.52. The van der Waals surface area contributed by atoms with Crippen LogP contribution in [0.25, 0.3) is 0 Å². The van der Waals surface area contributed by atoms with Crippen molar-refractivity contribution in [2.45, 2.75) is 50.9 Å². The Morgan fingerprint density at radius 2 is 1.89 bits per heavy atom. The maximum atomic E-state index is 5.76.